The molecule has 0 aliphatic rings. The van der Waals surface area contributed by atoms with Crippen molar-refractivity contribution in [2.75, 3.05) is 0 Å². The van der Waals surface area contributed by atoms with Crippen LogP contribution in [0.2, 0.25) is 0 Å². The standard InChI is InChI=1S/C11H8Br2O5/c12-11(13,6-3-1-2-4-8(6)14)7(10(17)18)5-9(15)16/h1-5,14H,(H,15,16)(H,17,18)/b7-5-. The van der Waals surface area contributed by atoms with E-state index in [2.05, 4.69) is 31.9 Å². The van der Waals surface area contributed by atoms with E-state index in [0.717, 1.165) is 0 Å². The van der Waals surface area contributed by atoms with Gasteiger partial charge in [-0.25, -0.2) is 9.59 Å². The van der Waals surface area contributed by atoms with E-state index in [0.29, 0.717) is 6.08 Å². The van der Waals surface area contributed by atoms with Gasteiger partial charge in [0.1, 0.15) is 8.98 Å². The molecule has 18 heavy (non-hydrogen) atoms. The molecule has 0 aliphatic heterocycles. The van der Waals surface area contributed by atoms with Crippen molar-refractivity contribution < 1.29 is 24.9 Å². The van der Waals surface area contributed by atoms with Gasteiger partial charge in [-0.1, -0.05) is 50.1 Å². The fourth-order valence-corrected chi connectivity index (χ4v) is 2.53. The zero-order valence-electron chi connectivity index (χ0n) is 8.80. The van der Waals surface area contributed by atoms with Crippen LogP contribution in [0.4, 0.5) is 0 Å². The van der Waals surface area contributed by atoms with Crippen LogP contribution in [0.15, 0.2) is 35.9 Å². The summed E-state index contributed by atoms with van der Waals surface area (Å²) in [5.41, 5.74) is -0.267. The molecule has 7 heteroatoms. The molecular weight excluding hydrogens is 372 g/mol. The first-order valence-corrected chi connectivity index (χ1v) is 6.20. The van der Waals surface area contributed by atoms with Crippen LogP contribution >= 0.6 is 31.9 Å². The Morgan fingerprint density at radius 2 is 1.72 bits per heavy atom. The molecule has 3 N–H and O–H groups in total. The van der Waals surface area contributed by atoms with Crippen LogP contribution in [-0.4, -0.2) is 27.3 Å². The summed E-state index contributed by atoms with van der Waals surface area (Å²) in [6, 6.07) is 5.99. The molecule has 1 rings (SSSR count). The molecule has 0 unspecified atom stereocenters. The maximum absolute atomic E-state index is 11.1. The molecule has 96 valence electrons. The van der Waals surface area contributed by atoms with Gasteiger partial charge in [-0.05, 0) is 6.07 Å². The minimum absolute atomic E-state index is 0.163. The van der Waals surface area contributed by atoms with Crippen molar-refractivity contribution in [1.29, 1.82) is 0 Å². The normalized spacial score (nSPS) is 12.2. The number of hydrogen-bond donors (Lipinski definition) is 3. The quantitative estimate of drug-likeness (QED) is 0.551. The second-order valence-corrected chi connectivity index (χ2v) is 6.74. The van der Waals surface area contributed by atoms with Gasteiger partial charge >= 0.3 is 11.9 Å². The topological polar surface area (TPSA) is 94.8 Å². The number of aliphatic carboxylic acids is 2. The summed E-state index contributed by atoms with van der Waals surface area (Å²) in [6.07, 6.45) is 0.554. The lowest BCUT2D eigenvalue weighted by Crippen LogP contribution is -2.21. The molecule has 0 amide bonds. The second kappa shape index (κ2) is 5.53. The maximum atomic E-state index is 11.1. The first kappa shape index (κ1) is 14.7. The number of benzene rings is 1. The number of para-hydroxylation sites is 1. The van der Waals surface area contributed by atoms with Crippen LogP contribution in [0, 0.1) is 0 Å². The van der Waals surface area contributed by atoms with Crippen molar-refractivity contribution in [3.8, 4) is 5.75 Å². The summed E-state index contributed by atoms with van der Waals surface area (Å²) in [6.45, 7) is 0. The summed E-state index contributed by atoms with van der Waals surface area (Å²) in [4.78, 5) is 21.7. The Labute approximate surface area is 119 Å². The number of rotatable bonds is 4. The van der Waals surface area contributed by atoms with Crippen LogP contribution in [-0.2, 0) is 12.8 Å². The van der Waals surface area contributed by atoms with Gasteiger partial charge in [0.2, 0.25) is 0 Å². The first-order valence-electron chi connectivity index (χ1n) is 4.61. The third-order valence-electron chi connectivity index (χ3n) is 2.08. The molecule has 0 aromatic heterocycles. The summed E-state index contributed by atoms with van der Waals surface area (Å²) in [5, 5.41) is 27.4. The Kier molecular flexibility index (Phi) is 4.53. The van der Waals surface area contributed by atoms with Crippen molar-refractivity contribution in [3.63, 3.8) is 0 Å². The smallest absolute Gasteiger partial charge is 0.334 e. The number of carboxylic acids is 2. The number of phenolic OH excluding ortho intramolecular Hbond substituents is 1. The number of carboxylic acid groups (broad SMARTS) is 2. The number of halogens is 2. The van der Waals surface area contributed by atoms with Crippen LogP contribution in [0.3, 0.4) is 0 Å². The molecular formula is C11H8Br2O5. The lowest BCUT2D eigenvalue weighted by Gasteiger charge is -2.22. The van der Waals surface area contributed by atoms with Crippen LogP contribution in [0.5, 0.6) is 5.75 Å². The van der Waals surface area contributed by atoms with Crippen molar-refractivity contribution >= 4 is 43.8 Å². The van der Waals surface area contributed by atoms with Gasteiger partial charge in [-0.15, -0.1) is 0 Å². The molecule has 0 spiro atoms. The fourth-order valence-electron chi connectivity index (χ4n) is 1.29. The second-order valence-electron chi connectivity index (χ2n) is 3.29. The Morgan fingerprint density at radius 3 is 2.17 bits per heavy atom. The number of alkyl halides is 2. The van der Waals surface area contributed by atoms with E-state index in [9.17, 15) is 14.7 Å². The largest absolute Gasteiger partial charge is 0.508 e. The first-order chi connectivity index (χ1) is 8.26. The van der Waals surface area contributed by atoms with E-state index in [1.54, 1.807) is 12.1 Å². The number of aromatic hydroxyl groups is 1. The van der Waals surface area contributed by atoms with Gasteiger partial charge in [-0.2, -0.15) is 0 Å². The lowest BCUT2D eigenvalue weighted by molar-refractivity contribution is -0.135. The Bertz CT molecular complexity index is 522. The number of hydrogen-bond acceptors (Lipinski definition) is 3. The highest BCUT2D eigenvalue weighted by Crippen LogP contribution is 2.48. The molecule has 0 atom stereocenters. The molecule has 1 aromatic carbocycles. The Morgan fingerprint density at radius 1 is 1.17 bits per heavy atom. The number of carbonyl (C=O) groups is 2. The highest BCUT2D eigenvalue weighted by molar-refractivity contribution is 9.25. The highest BCUT2D eigenvalue weighted by Gasteiger charge is 2.37. The van der Waals surface area contributed by atoms with E-state index in [1.165, 1.54) is 12.1 Å². The van der Waals surface area contributed by atoms with Crippen LogP contribution < -0.4 is 0 Å². The maximum Gasteiger partial charge on any atom is 0.334 e. The summed E-state index contributed by atoms with van der Waals surface area (Å²) >= 11 is 6.16. The van der Waals surface area contributed by atoms with Crippen molar-refractivity contribution in [2.24, 2.45) is 0 Å². The molecule has 0 bridgehead atoms. The molecule has 0 saturated carbocycles. The molecule has 0 fully saturated rings. The Balaban J connectivity index is 3.39. The predicted octanol–water partition coefficient (Wildman–Crippen LogP) is 2.43. The van der Waals surface area contributed by atoms with Crippen molar-refractivity contribution in [2.45, 2.75) is 3.23 Å². The molecule has 0 aliphatic carbocycles. The van der Waals surface area contributed by atoms with Gasteiger partial charge in [0.05, 0.1) is 5.57 Å². The summed E-state index contributed by atoms with van der Waals surface area (Å²) < 4.78 is -1.49. The highest BCUT2D eigenvalue weighted by atomic mass is 79.9. The average Bonchev–Trinajstić information content (AvgIpc) is 2.25. The molecule has 1 aromatic rings. The van der Waals surface area contributed by atoms with E-state index < -0.39 is 20.7 Å². The monoisotopic (exact) mass is 378 g/mol. The third kappa shape index (κ3) is 3.11. The van der Waals surface area contributed by atoms with Gasteiger partial charge in [-0.3, -0.25) is 0 Å². The molecule has 0 radical (unpaired) electrons. The van der Waals surface area contributed by atoms with Gasteiger partial charge in [0.25, 0.3) is 0 Å². The predicted molar refractivity (Wildman–Crippen MR) is 71.0 cm³/mol. The summed E-state index contributed by atoms with van der Waals surface area (Å²) in [5.74, 6) is -2.98. The fraction of sp³-hybridized carbons (Fsp3) is 0.0909. The molecule has 5 nitrogen and oxygen atoms in total. The lowest BCUT2D eigenvalue weighted by atomic mass is 10.0. The average molecular weight is 380 g/mol. The van der Waals surface area contributed by atoms with Crippen molar-refractivity contribution in [1.82, 2.24) is 0 Å². The van der Waals surface area contributed by atoms with Gasteiger partial charge in [0.15, 0.2) is 0 Å². The molecule has 0 saturated heterocycles. The van der Waals surface area contributed by atoms with Crippen LogP contribution in [0.1, 0.15) is 5.56 Å². The van der Waals surface area contributed by atoms with Crippen molar-refractivity contribution in [3.05, 3.63) is 41.5 Å². The number of phenols is 1. The zero-order valence-corrected chi connectivity index (χ0v) is 12.0. The van der Waals surface area contributed by atoms with E-state index in [-0.39, 0.29) is 11.3 Å². The van der Waals surface area contributed by atoms with Gasteiger partial charge < -0.3 is 15.3 Å². The minimum Gasteiger partial charge on any atom is -0.508 e. The Hall–Kier alpha value is -1.34. The van der Waals surface area contributed by atoms with Crippen LogP contribution in [0.25, 0.3) is 0 Å². The van der Waals surface area contributed by atoms with E-state index in [1.807, 2.05) is 0 Å². The summed E-state index contributed by atoms with van der Waals surface area (Å²) in [7, 11) is 0. The zero-order chi connectivity index (χ0) is 13.9. The SMILES string of the molecule is O=C(O)/C=C(/C(=O)O)C(Br)(Br)c1ccccc1O. The van der Waals surface area contributed by atoms with E-state index >= 15 is 0 Å². The van der Waals surface area contributed by atoms with E-state index in [4.69, 9.17) is 10.2 Å². The van der Waals surface area contributed by atoms with Gasteiger partial charge in [0, 0.05) is 11.6 Å². The molecule has 0 heterocycles. The third-order valence-corrected chi connectivity index (χ3v) is 3.79. The minimum atomic E-state index is -1.49.